The molecule has 1 amide bonds. The summed E-state index contributed by atoms with van der Waals surface area (Å²) < 4.78 is 1.08. The Balaban J connectivity index is 1.59. The van der Waals surface area contributed by atoms with Crippen molar-refractivity contribution < 1.29 is 4.79 Å². The number of allylic oxidation sites excluding steroid dienone is 1. The van der Waals surface area contributed by atoms with E-state index < -0.39 is 0 Å². The van der Waals surface area contributed by atoms with Crippen LogP contribution in [-0.4, -0.2) is 17.4 Å². The van der Waals surface area contributed by atoms with Gasteiger partial charge in [-0.1, -0.05) is 11.6 Å². The zero-order valence-electron chi connectivity index (χ0n) is 12.3. The Morgan fingerprint density at radius 2 is 2.29 bits per heavy atom. The number of nitrogens with one attached hydrogen (secondary N) is 1. The molecule has 0 spiro atoms. The summed E-state index contributed by atoms with van der Waals surface area (Å²) >= 11 is 1.63. The Labute approximate surface area is 129 Å². The van der Waals surface area contributed by atoms with E-state index in [0.717, 1.165) is 33.8 Å². The molecule has 0 aliphatic heterocycles. The Hall–Kier alpha value is -1.68. The lowest BCUT2D eigenvalue weighted by atomic mass is 9.97. The molecule has 0 radical (unpaired) electrons. The van der Waals surface area contributed by atoms with Crippen molar-refractivity contribution in [2.24, 2.45) is 0 Å². The van der Waals surface area contributed by atoms with Gasteiger partial charge in [-0.3, -0.25) is 4.79 Å². The molecule has 1 aliphatic carbocycles. The molecule has 0 bridgehead atoms. The number of amides is 1. The van der Waals surface area contributed by atoms with E-state index in [2.05, 4.69) is 16.4 Å². The third kappa shape index (κ3) is 3.50. The van der Waals surface area contributed by atoms with Crippen molar-refractivity contribution in [3.63, 3.8) is 0 Å². The van der Waals surface area contributed by atoms with Gasteiger partial charge >= 0.3 is 0 Å². The number of nitrogens with zero attached hydrogens (tertiary/aromatic N) is 1. The second-order valence-electron chi connectivity index (χ2n) is 5.53. The van der Waals surface area contributed by atoms with Crippen molar-refractivity contribution in [1.82, 2.24) is 10.3 Å². The van der Waals surface area contributed by atoms with E-state index in [9.17, 15) is 4.79 Å². The van der Waals surface area contributed by atoms with Gasteiger partial charge in [0.2, 0.25) is 0 Å². The second-order valence-corrected chi connectivity index (χ2v) is 6.76. The lowest BCUT2D eigenvalue weighted by Crippen LogP contribution is -2.24. The minimum atomic E-state index is 0.0133. The lowest BCUT2D eigenvalue weighted by molar-refractivity contribution is 0.0954. The van der Waals surface area contributed by atoms with Gasteiger partial charge in [-0.05, 0) is 57.2 Å². The monoisotopic (exact) mass is 300 g/mol. The van der Waals surface area contributed by atoms with Gasteiger partial charge in [-0.25, -0.2) is 4.98 Å². The van der Waals surface area contributed by atoms with Crippen molar-refractivity contribution in [1.29, 1.82) is 0 Å². The average Bonchev–Trinajstić information content (AvgIpc) is 2.87. The molecule has 0 unspecified atom stereocenters. The molecule has 0 saturated carbocycles. The maximum absolute atomic E-state index is 12.2. The smallest absolute Gasteiger partial charge is 0.251 e. The number of carbonyl (C=O) groups is 1. The van der Waals surface area contributed by atoms with E-state index >= 15 is 0 Å². The number of aryl methyl sites for hydroxylation is 1. The first-order valence-electron chi connectivity index (χ1n) is 7.56. The van der Waals surface area contributed by atoms with Crippen LogP contribution in [0, 0.1) is 6.92 Å². The van der Waals surface area contributed by atoms with Crippen LogP contribution in [-0.2, 0) is 0 Å². The van der Waals surface area contributed by atoms with Crippen molar-refractivity contribution in [2.75, 3.05) is 6.54 Å². The molecular formula is C17H20N2OS. The maximum Gasteiger partial charge on any atom is 0.251 e. The van der Waals surface area contributed by atoms with Crippen molar-refractivity contribution in [3.8, 4) is 0 Å². The summed E-state index contributed by atoms with van der Waals surface area (Å²) in [7, 11) is 0. The summed E-state index contributed by atoms with van der Waals surface area (Å²) in [6, 6.07) is 5.73. The van der Waals surface area contributed by atoms with Crippen LogP contribution in [0.3, 0.4) is 0 Å². The highest BCUT2D eigenvalue weighted by molar-refractivity contribution is 7.18. The normalized spacial score (nSPS) is 15.0. The fourth-order valence-electron chi connectivity index (χ4n) is 2.75. The number of benzene rings is 1. The van der Waals surface area contributed by atoms with Crippen molar-refractivity contribution in [3.05, 3.63) is 40.4 Å². The molecule has 1 aromatic carbocycles. The van der Waals surface area contributed by atoms with E-state index in [0.29, 0.717) is 0 Å². The highest BCUT2D eigenvalue weighted by Gasteiger charge is 2.09. The zero-order valence-corrected chi connectivity index (χ0v) is 13.1. The fraction of sp³-hybridized carbons (Fsp3) is 0.412. The van der Waals surface area contributed by atoms with Gasteiger partial charge in [0.05, 0.1) is 15.2 Å². The Morgan fingerprint density at radius 3 is 3.10 bits per heavy atom. The Morgan fingerprint density at radius 1 is 1.38 bits per heavy atom. The lowest BCUT2D eigenvalue weighted by Gasteiger charge is -2.12. The largest absolute Gasteiger partial charge is 0.352 e. The third-order valence-corrected chi connectivity index (χ3v) is 4.81. The molecule has 4 heteroatoms. The van der Waals surface area contributed by atoms with E-state index in [1.54, 1.807) is 11.3 Å². The van der Waals surface area contributed by atoms with Crippen LogP contribution < -0.4 is 5.32 Å². The van der Waals surface area contributed by atoms with Gasteiger partial charge in [-0.15, -0.1) is 11.3 Å². The first-order chi connectivity index (χ1) is 10.2. The van der Waals surface area contributed by atoms with Crippen LogP contribution >= 0.6 is 11.3 Å². The van der Waals surface area contributed by atoms with E-state index in [-0.39, 0.29) is 5.91 Å². The van der Waals surface area contributed by atoms with Crippen LogP contribution in [0.4, 0.5) is 0 Å². The topological polar surface area (TPSA) is 42.0 Å². The van der Waals surface area contributed by atoms with Gasteiger partial charge in [-0.2, -0.15) is 0 Å². The van der Waals surface area contributed by atoms with E-state index in [4.69, 9.17) is 0 Å². The average molecular weight is 300 g/mol. The summed E-state index contributed by atoms with van der Waals surface area (Å²) in [4.78, 5) is 16.6. The summed E-state index contributed by atoms with van der Waals surface area (Å²) in [6.07, 6.45) is 8.31. The molecule has 0 atom stereocenters. The highest BCUT2D eigenvalue weighted by Crippen LogP contribution is 2.23. The molecule has 1 aromatic heterocycles. The van der Waals surface area contributed by atoms with Crippen LogP contribution in [0.1, 0.15) is 47.5 Å². The van der Waals surface area contributed by atoms with Crippen LogP contribution in [0.15, 0.2) is 29.8 Å². The number of carbonyl (C=O) groups excluding carboxylic acids is 1. The number of hydrogen-bond acceptors (Lipinski definition) is 3. The van der Waals surface area contributed by atoms with E-state index in [1.807, 2.05) is 25.1 Å². The minimum absolute atomic E-state index is 0.0133. The highest BCUT2D eigenvalue weighted by atomic mass is 32.1. The summed E-state index contributed by atoms with van der Waals surface area (Å²) in [5.74, 6) is 0.0133. The molecule has 2 aromatic rings. The van der Waals surface area contributed by atoms with Crippen LogP contribution in [0.2, 0.25) is 0 Å². The molecule has 0 fully saturated rings. The number of thiazole rings is 1. The van der Waals surface area contributed by atoms with Crippen molar-refractivity contribution >= 4 is 27.5 Å². The molecular weight excluding hydrogens is 280 g/mol. The molecule has 1 N–H and O–H groups in total. The molecule has 0 saturated heterocycles. The molecule has 21 heavy (non-hydrogen) atoms. The van der Waals surface area contributed by atoms with E-state index in [1.165, 1.54) is 31.3 Å². The fourth-order valence-corrected chi connectivity index (χ4v) is 3.62. The molecule has 110 valence electrons. The number of hydrogen-bond donors (Lipinski definition) is 1. The van der Waals surface area contributed by atoms with Crippen molar-refractivity contribution in [2.45, 2.75) is 39.0 Å². The molecule has 3 nitrogen and oxygen atoms in total. The quantitative estimate of drug-likeness (QED) is 0.859. The first-order valence-corrected chi connectivity index (χ1v) is 8.37. The summed E-state index contributed by atoms with van der Waals surface area (Å²) in [5, 5.41) is 4.06. The van der Waals surface area contributed by atoms with Gasteiger partial charge < -0.3 is 5.32 Å². The number of aromatic nitrogens is 1. The molecule has 1 aliphatic rings. The predicted molar refractivity (Wildman–Crippen MR) is 87.9 cm³/mol. The number of fused-ring (bicyclic) bond motifs is 1. The first kappa shape index (κ1) is 14.3. The number of rotatable bonds is 4. The SMILES string of the molecule is Cc1nc2ccc(C(=O)NCCC3=CCCCC3)cc2s1. The van der Waals surface area contributed by atoms with Crippen LogP contribution in [0.25, 0.3) is 10.2 Å². The van der Waals surface area contributed by atoms with Crippen LogP contribution in [0.5, 0.6) is 0 Å². The zero-order chi connectivity index (χ0) is 14.7. The van der Waals surface area contributed by atoms with Gasteiger partial charge in [0.25, 0.3) is 5.91 Å². The molecule has 1 heterocycles. The third-order valence-electron chi connectivity index (χ3n) is 3.87. The standard InChI is InChI=1S/C17H20N2OS/c1-12-19-15-8-7-14(11-16(15)21-12)17(20)18-10-9-13-5-3-2-4-6-13/h5,7-8,11H,2-4,6,9-10H2,1H3,(H,18,20). The summed E-state index contributed by atoms with van der Waals surface area (Å²) in [5.41, 5.74) is 3.19. The summed E-state index contributed by atoms with van der Waals surface area (Å²) in [6.45, 7) is 2.72. The minimum Gasteiger partial charge on any atom is -0.352 e. The predicted octanol–water partition coefficient (Wildman–Crippen LogP) is 4.23. The van der Waals surface area contributed by atoms with Gasteiger partial charge in [0.15, 0.2) is 0 Å². The maximum atomic E-state index is 12.2. The Bertz CT molecular complexity index is 687. The van der Waals surface area contributed by atoms with Gasteiger partial charge in [0, 0.05) is 12.1 Å². The molecule has 3 rings (SSSR count). The second kappa shape index (κ2) is 6.39. The van der Waals surface area contributed by atoms with Gasteiger partial charge in [0.1, 0.15) is 0 Å². The Kier molecular flexibility index (Phi) is 4.34.